The van der Waals surface area contributed by atoms with Crippen molar-refractivity contribution in [2.75, 3.05) is 26.1 Å². The van der Waals surface area contributed by atoms with E-state index >= 15 is 0 Å². The van der Waals surface area contributed by atoms with Gasteiger partial charge in [0, 0.05) is 24.0 Å². The Balaban J connectivity index is 0.00000196. The number of anilines is 1. The van der Waals surface area contributed by atoms with Crippen LogP contribution in [0, 0.1) is 11.3 Å². The van der Waals surface area contributed by atoms with Gasteiger partial charge in [-0.2, -0.15) is 0 Å². The summed E-state index contributed by atoms with van der Waals surface area (Å²) in [5.41, 5.74) is 7.25. The molecule has 2 saturated carbocycles. The number of nitrogens with one attached hydrogen (secondary N) is 1. The first-order chi connectivity index (χ1) is 12.2. The molecule has 3 aliphatic rings. The van der Waals surface area contributed by atoms with Crippen molar-refractivity contribution in [1.82, 2.24) is 0 Å². The van der Waals surface area contributed by atoms with Gasteiger partial charge in [-0.25, -0.2) is 4.99 Å². The van der Waals surface area contributed by atoms with Gasteiger partial charge in [0.1, 0.15) is 11.5 Å². The van der Waals surface area contributed by atoms with Crippen molar-refractivity contribution in [3.63, 3.8) is 0 Å². The second-order valence-corrected chi connectivity index (χ2v) is 7.33. The lowest BCUT2D eigenvalue weighted by atomic mass is 9.54. The van der Waals surface area contributed by atoms with Crippen LogP contribution < -0.4 is 20.5 Å². The topological polar surface area (TPSA) is 78.1 Å². The van der Waals surface area contributed by atoms with E-state index < -0.39 is 0 Å². The van der Waals surface area contributed by atoms with Crippen molar-refractivity contribution in [3.05, 3.63) is 18.2 Å². The van der Waals surface area contributed by atoms with Gasteiger partial charge in [0.05, 0.1) is 32.1 Å². The molecule has 1 saturated heterocycles. The Bertz CT molecular complexity index is 676. The number of fused-ring (bicyclic) bond motifs is 2. The van der Waals surface area contributed by atoms with E-state index in [0.717, 1.165) is 24.5 Å². The summed E-state index contributed by atoms with van der Waals surface area (Å²) in [5, 5.41) is 3.20. The molecule has 7 heteroatoms. The van der Waals surface area contributed by atoms with Crippen LogP contribution >= 0.6 is 24.0 Å². The monoisotopic (exact) mass is 473 g/mol. The Morgan fingerprint density at radius 3 is 2.73 bits per heavy atom. The number of benzene rings is 1. The highest BCUT2D eigenvalue weighted by molar-refractivity contribution is 14.0. The molecule has 0 radical (unpaired) electrons. The Morgan fingerprint density at radius 2 is 2.04 bits per heavy atom. The third-order valence-corrected chi connectivity index (χ3v) is 6.18. The molecule has 1 aliphatic heterocycles. The molecule has 1 spiro atoms. The quantitative estimate of drug-likeness (QED) is 0.398. The molecule has 0 aromatic heterocycles. The van der Waals surface area contributed by atoms with Crippen molar-refractivity contribution in [2.45, 2.75) is 44.2 Å². The molecule has 144 valence electrons. The average molecular weight is 473 g/mol. The minimum absolute atomic E-state index is 0. The summed E-state index contributed by atoms with van der Waals surface area (Å²) in [4.78, 5) is 4.89. The molecule has 6 nitrogen and oxygen atoms in total. The number of hydrogen-bond donors (Lipinski definition) is 2. The Kier molecular flexibility index (Phi) is 5.86. The third-order valence-electron chi connectivity index (χ3n) is 6.18. The number of nitrogens with two attached hydrogens (primary N) is 1. The predicted molar refractivity (Wildman–Crippen MR) is 113 cm³/mol. The Labute approximate surface area is 171 Å². The fraction of sp³-hybridized carbons (Fsp3) is 0.632. The third kappa shape index (κ3) is 3.13. The van der Waals surface area contributed by atoms with Crippen LogP contribution in [0.5, 0.6) is 11.5 Å². The summed E-state index contributed by atoms with van der Waals surface area (Å²) in [6, 6.07) is 5.86. The van der Waals surface area contributed by atoms with Crippen molar-refractivity contribution >= 4 is 35.6 Å². The molecule has 26 heavy (non-hydrogen) atoms. The minimum atomic E-state index is 0. The molecule has 1 aromatic carbocycles. The van der Waals surface area contributed by atoms with Crippen LogP contribution in [0.1, 0.15) is 32.1 Å². The SMILES string of the molecule is COc1ccc(OC)c(NC(N)=NC2C3CCOC3C23CCCC3)c1.I. The van der Waals surface area contributed by atoms with Crippen LogP contribution in [0.4, 0.5) is 5.69 Å². The van der Waals surface area contributed by atoms with Crippen molar-refractivity contribution < 1.29 is 14.2 Å². The standard InChI is InChI=1S/C19H27N3O3.HI/c1-23-12-5-6-15(24-2)14(11-12)21-18(20)22-16-13-7-10-25-17(13)19(16)8-3-4-9-19;/h5-6,11,13,16-17H,3-4,7-10H2,1-2H3,(H3,20,21,22);1H. The smallest absolute Gasteiger partial charge is 0.193 e. The molecule has 4 rings (SSSR count). The lowest BCUT2D eigenvalue weighted by Crippen LogP contribution is -2.61. The number of methoxy groups -OCH3 is 2. The van der Waals surface area contributed by atoms with Crippen molar-refractivity contribution in [1.29, 1.82) is 0 Å². The number of nitrogens with zero attached hydrogens (tertiary/aromatic N) is 1. The Morgan fingerprint density at radius 1 is 1.27 bits per heavy atom. The molecule has 1 aromatic rings. The molecule has 1 heterocycles. The van der Waals surface area contributed by atoms with Gasteiger partial charge >= 0.3 is 0 Å². The summed E-state index contributed by atoms with van der Waals surface area (Å²) in [6.45, 7) is 0.861. The lowest BCUT2D eigenvalue weighted by Gasteiger charge is -2.54. The molecular formula is C19H28IN3O3. The predicted octanol–water partition coefficient (Wildman–Crippen LogP) is 3.40. The summed E-state index contributed by atoms with van der Waals surface area (Å²) in [5.74, 6) is 2.42. The van der Waals surface area contributed by atoms with Crippen LogP contribution in [0.15, 0.2) is 23.2 Å². The Hall–Kier alpha value is -1.22. The van der Waals surface area contributed by atoms with E-state index in [0.29, 0.717) is 23.7 Å². The first kappa shape index (κ1) is 19.5. The fourth-order valence-corrected chi connectivity index (χ4v) is 5.07. The van der Waals surface area contributed by atoms with E-state index in [-0.39, 0.29) is 35.4 Å². The molecule has 0 bridgehead atoms. The van der Waals surface area contributed by atoms with Gasteiger partial charge in [0.2, 0.25) is 0 Å². The van der Waals surface area contributed by atoms with Gasteiger partial charge in [-0.3, -0.25) is 0 Å². The van der Waals surface area contributed by atoms with Crippen LogP contribution in [0.2, 0.25) is 0 Å². The molecular weight excluding hydrogens is 445 g/mol. The van der Waals surface area contributed by atoms with E-state index in [1.807, 2.05) is 18.2 Å². The zero-order valence-electron chi connectivity index (χ0n) is 15.4. The van der Waals surface area contributed by atoms with E-state index in [9.17, 15) is 0 Å². The summed E-state index contributed by atoms with van der Waals surface area (Å²) >= 11 is 0. The van der Waals surface area contributed by atoms with Gasteiger partial charge in [0.25, 0.3) is 0 Å². The number of halogens is 1. The van der Waals surface area contributed by atoms with Gasteiger partial charge in [-0.15, -0.1) is 24.0 Å². The molecule has 2 aliphatic carbocycles. The summed E-state index contributed by atoms with van der Waals surface area (Å²) in [6.07, 6.45) is 6.44. The normalized spacial score (nSPS) is 28.8. The maximum atomic E-state index is 6.27. The van der Waals surface area contributed by atoms with Gasteiger partial charge in [-0.1, -0.05) is 12.8 Å². The second kappa shape index (κ2) is 7.80. The number of rotatable bonds is 4. The summed E-state index contributed by atoms with van der Waals surface area (Å²) in [7, 11) is 3.28. The first-order valence-electron chi connectivity index (χ1n) is 9.12. The fourth-order valence-electron chi connectivity index (χ4n) is 5.07. The molecule has 3 N–H and O–H groups in total. The van der Waals surface area contributed by atoms with Gasteiger partial charge in [0.15, 0.2) is 5.96 Å². The largest absolute Gasteiger partial charge is 0.497 e. The van der Waals surface area contributed by atoms with E-state index in [1.165, 1.54) is 25.7 Å². The number of guanidine groups is 1. The van der Waals surface area contributed by atoms with Crippen LogP contribution in [0.25, 0.3) is 0 Å². The zero-order valence-corrected chi connectivity index (χ0v) is 17.7. The molecule has 0 amide bonds. The van der Waals surface area contributed by atoms with E-state index in [4.69, 9.17) is 24.9 Å². The molecule has 3 atom stereocenters. The average Bonchev–Trinajstić information content (AvgIpc) is 3.28. The maximum Gasteiger partial charge on any atom is 0.193 e. The number of hydrogen-bond acceptors (Lipinski definition) is 4. The van der Waals surface area contributed by atoms with Gasteiger partial charge < -0.3 is 25.3 Å². The maximum absolute atomic E-state index is 6.27. The van der Waals surface area contributed by atoms with Gasteiger partial charge in [-0.05, 0) is 31.4 Å². The van der Waals surface area contributed by atoms with Crippen LogP contribution in [-0.2, 0) is 4.74 Å². The number of ether oxygens (including phenoxy) is 3. The zero-order chi connectivity index (χ0) is 17.4. The van der Waals surface area contributed by atoms with E-state index in [1.54, 1.807) is 14.2 Å². The first-order valence-corrected chi connectivity index (χ1v) is 9.12. The highest BCUT2D eigenvalue weighted by Crippen LogP contribution is 2.62. The molecule has 3 unspecified atom stereocenters. The van der Waals surface area contributed by atoms with Crippen LogP contribution in [0.3, 0.4) is 0 Å². The number of aliphatic imine (C=N–C) groups is 1. The minimum Gasteiger partial charge on any atom is -0.497 e. The van der Waals surface area contributed by atoms with E-state index in [2.05, 4.69) is 5.32 Å². The summed E-state index contributed by atoms with van der Waals surface area (Å²) < 4.78 is 16.7. The molecule has 3 fully saturated rings. The van der Waals surface area contributed by atoms with Crippen molar-refractivity contribution in [3.8, 4) is 11.5 Å². The van der Waals surface area contributed by atoms with Crippen molar-refractivity contribution in [2.24, 2.45) is 22.1 Å². The second-order valence-electron chi connectivity index (χ2n) is 7.33. The highest BCUT2D eigenvalue weighted by atomic mass is 127. The highest BCUT2D eigenvalue weighted by Gasteiger charge is 2.65. The van der Waals surface area contributed by atoms with Crippen LogP contribution in [-0.4, -0.2) is 38.9 Å². The lowest BCUT2D eigenvalue weighted by molar-refractivity contribution is -0.117.